The van der Waals surface area contributed by atoms with Crippen molar-refractivity contribution < 1.29 is 4.74 Å². The van der Waals surface area contributed by atoms with Crippen LogP contribution < -0.4 is 10.1 Å². The van der Waals surface area contributed by atoms with Gasteiger partial charge in [-0.1, -0.05) is 18.2 Å². The number of nitrogens with zero attached hydrogens (tertiary/aromatic N) is 1. The van der Waals surface area contributed by atoms with E-state index in [2.05, 4.69) is 64.0 Å². The van der Waals surface area contributed by atoms with Crippen LogP contribution in [0.2, 0.25) is 0 Å². The van der Waals surface area contributed by atoms with Crippen molar-refractivity contribution in [1.29, 1.82) is 0 Å². The van der Waals surface area contributed by atoms with E-state index in [9.17, 15) is 0 Å². The van der Waals surface area contributed by atoms with E-state index in [0.29, 0.717) is 0 Å². The fraction of sp³-hybridized carbons (Fsp3) is 0.647. The lowest BCUT2D eigenvalue weighted by Gasteiger charge is -2.34. The minimum Gasteiger partial charge on any atom is -0.496 e. The lowest BCUT2D eigenvalue weighted by Crippen LogP contribution is -2.45. The van der Waals surface area contributed by atoms with E-state index >= 15 is 0 Å². The van der Waals surface area contributed by atoms with Crippen LogP contribution in [0.15, 0.2) is 24.3 Å². The standard InChI is InChI=1S/C17H30N2O/c1-16(2,3)19(6)13-12-18-17(4,5)14-10-8-9-11-15(14)20-7/h8-11,18H,12-13H2,1-7H3. The third-order valence-corrected chi connectivity index (χ3v) is 3.94. The predicted molar refractivity (Wildman–Crippen MR) is 86.4 cm³/mol. The molecular formula is C17H30N2O. The van der Waals surface area contributed by atoms with Crippen molar-refractivity contribution in [2.75, 3.05) is 27.2 Å². The first kappa shape index (κ1) is 17.0. The van der Waals surface area contributed by atoms with Gasteiger partial charge in [-0.25, -0.2) is 0 Å². The van der Waals surface area contributed by atoms with Gasteiger partial charge in [0.1, 0.15) is 5.75 Å². The second-order valence-electron chi connectivity index (χ2n) is 6.84. The molecule has 0 aromatic heterocycles. The second-order valence-corrected chi connectivity index (χ2v) is 6.84. The van der Waals surface area contributed by atoms with Crippen LogP contribution in [0.4, 0.5) is 0 Å². The molecule has 0 heterocycles. The summed E-state index contributed by atoms with van der Waals surface area (Å²) in [6.07, 6.45) is 0. The Bertz CT molecular complexity index is 421. The van der Waals surface area contributed by atoms with Crippen LogP contribution in [-0.4, -0.2) is 37.7 Å². The highest BCUT2D eigenvalue weighted by molar-refractivity contribution is 5.38. The fourth-order valence-electron chi connectivity index (χ4n) is 2.13. The normalized spacial score (nSPS) is 12.8. The highest BCUT2D eigenvalue weighted by Gasteiger charge is 2.24. The molecule has 0 bridgehead atoms. The van der Waals surface area contributed by atoms with Crippen molar-refractivity contribution in [2.24, 2.45) is 0 Å². The van der Waals surface area contributed by atoms with E-state index in [-0.39, 0.29) is 11.1 Å². The first-order chi connectivity index (χ1) is 9.18. The van der Waals surface area contributed by atoms with Gasteiger partial charge in [0.2, 0.25) is 0 Å². The van der Waals surface area contributed by atoms with Gasteiger partial charge in [0.15, 0.2) is 0 Å². The van der Waals surface area contributed by atoms with Crippen LogP contribution in [0.3, 0.4) is 0 Å². The van der Waals surface area contributed by atoms with E-state index in [1.165, 1.54) is 5.56 Å². The van der Waals surface area contributed by atoms with Gasteiger partial charge in [-0.15, -0.1) is 0 Å². The molecule has 0 saturated heterocycles. The zero-order valence-electron chi connectivity index (χ0n) is 14.1. The lowest BCUT2D eigenvalue weighted by atomic mass is 9.93. The maximum Gasteiger partial charge on any atom is 0.123 e. The Kier molecular flexibility index (Phi) is 5.60. The van der Waals surface area contributed by atoms with Gasteiger partial charge in [-0.2, -0.15) is 0 Å². The molecule has 0 unspecified atom stereocenters. The SMILES string of the molecule is COc1ccccc1C(C)(C)NCCN(C)C(C)(C)C. The van der Waals surface area contributed by atoms with Gasteiger partial charge in [-0.3, -0.25) is 0 Å². The summed E-state index contributed by atoms with van der Waals surface area (Å²) < 4.78 is 5.46. The Morgan fingerprint density at radius 3 is 2.25 bits per heavy atom. The van der Waals surface area contributed by atoms with E-state index < -0.39 is 0 Å². The summed E-state index contributed by atoms with van der Waals surface area (Å²) in [6.45, 7) is 13.1. The van der Waals surface area contributed by atoms with Crippen molar-refractivity contribution in [3.63, 3.8) is 0 Å². The molecule has 0 aliphatic heterocycles. The number of hydrogen-bond acceptors (Lipinski definition) is 3. The molecule has 3 heteroatoms. The smallest absolute Gasteiger partial charge is 0.123 e. The van der Waals surface area contributed by atoms with Crippen LogP contribution in [-0.2, 0) is 5.54 Å². The highest BCUT2D eigenvalue weighted by Crippen LogP contribution is 2.29. The monoisotopic (exact) mass is 278 g/mol. The number of methoxy groups -OCH3 is 1. The Labute approximate surface area is 124 Å². The molecule has 1 rings (SSSR count). The van der Waals surface area contributed by atoms with E-state index in [1.54, 1.807) is 7.11 Å². The van der Waals surface area contributed by atoms with Crippen molar-refractivity contribution in [1.82, 2.24) is 10.2 Å². The quantitative estimate of drug-likeness (QED) is 0.864. The molecule has 0 aliphatic rings. The molecule has 20 heavy (non-hydrogen) atoms. The molecule has 0 fully saturated rings. The van der Waals surface area contributed by atoms with Crippen LogP contribution in [0.1, 0.15) is 40.2 Å². The van der Waals surface area contributed by atoms with Gasteiger partial charge in [-0.05, 0) is 47.7 Å². The molecule has 114 valence electrons. The topological polar surface area (TPSA) is 24.5 Å². The molecule has 3 nitrogen and oxygen atoms in total. The van der Waals surface area contributed by atoms with E-state index in [0.717, 1.165) is 18.8 Å². The Balaban J connectivity index is 2.66. The fourth-order valence-corrected chi connectivity index (χ4v) is 2.13. The molecule has 0 radical (unpaired) electrons. The summed E-state index contributed by atoms with van der Waals surface area (Å²) in [5, 5.41) is 3.63. The molecule has 1 aromatic carbocycles. The van der Waals surface area contributed by atoms with Crippen molar-refractivity contribution >= 4 is 0 Å². The number of hydrogen-bond donors (Lipinski definition) is 1. The molecule has 0 aliphatic carbocycles. The van der Waals surface area contributed by atoms with Crippen molar-refractivity contribution in [2.45, 2.75) is 45.7 Å². The minimum atomic E-state index is -0.106. The maximum absolute atomic E-state index is 5.46. The number of rotatable bonds is 6. The zero-order chi connectivity index (χ0) is 15.4. The molecule has 0 amide bonds. The van der Waals surface area contributed by atoms with E-state index in [1.807, 2.05) is 12.1 Å². The second kappa shape index (κ2) is 6.59. The average molecular weight is 278 g/mol. The third-order valence-electron chi connectivity index (χ3n) is 3.94. The summed E-state index contributed by atoms with van der Waals surface area (Å²) in [5.74, 6) is 0.939. The van der Waals surface area contributed by atoms with Gasteiger partial charge < -0.3 is 15.0 Å². The largest absolute Gasteiger partial charge is 0.496 e. The lowest BCUT2D eigenvalue weighted by molar-refractivity contribution is 0.170. The molecular weight excluding hydrogens is 248 g/mol. The van der Waals surface area contributed by atoms with Crippen LogP contribution in [0, 0.1) is 0 Å². The van der Waals surface area contributed by atoms with Crippen LogP contribution in [0.5, 0.6) is 5.75 Å². The first-order valence-electron chi connectivity index (χ1n) is 7.28. The average Bonchev–Trinajstić information content (AvgIpc) is 2.37. The van der Waals surface area contributed by atoms with Crippen molar-refractivity contribution in [3.05, 3.63) is 29.8 Å². The zero-order valence-corrected chi connectivity index (χ0v) is 14.1. The Morgan fingerprint density at radius 2 is 1.70 bits per heavy atom. The summed E-state index contributed by atoms with van der Waals surface area (Å²) in [5.41, 5.74) is 1.29. The number of ether oxygens (including phenoxy) is 1. The summed E-state index contributed by atoms with van der Waals surface area (Å²) in [7, 11) is 3.89. The number of nitrogens with one attached hydrogen (secondary N) is 1. The maximum atomic E-state index is 5.46. The first-order valence-corrected chi connectivity index (χ1v) is 7.28. The number of likely N-dealkylation sites (N-methyl/N-ethyl adjacent to an activating group) is 1. The Hall–Kier alpha value is -1.06. The minimum absolute atomic E-state index is 0.106. The van der Waals surface area contributed by atoms with Gasteiger partial charge in [0.25, 0.3) is 0 Å². The van der Waals surface area contributed by atoms with E-state index in [4.69, 9.17) is 4.74 Å². The molecule has 0 spiro atoms. The Morgan fingerprint density at radius 1 is 1.10 bits per heavy atom. The van der Waals surface area contributed by atoms with Gasteiger partial charge >= 0.3 is 0 Å². The molecule has 1 N–H and O–H groups in total. The summed E-state index contributed by atoms with van der Waals surface area (Å²) in [4.78, 5) is 2.36. The number of benzene rings is 1. The van der Waals surface area contributed by atoms with Crippen LogP contribution in [0.25, 0.3) is 0 Å². The third kappa shape index (κ3) is 4.50. The number of para-hydroxylation sites is 1. The highest BCUT2D eigenvalue weighted by atomic mass is 16.5. The predicted octanol–water partition coefficient (Wildman–Crippen LogP) is 3.25. The van der Waals surface area contributed by atoms with Crippen molar-refractivity contribution in [3.8, 4) is 5.75 Å². The van der Waals surface area contributed by atoms with Crippen LogP contribution >= 0.6 is 0 Å². The van der Waals surface area contributed by atoms with Gasteiger partial charge in [0, 0.05) is 29.7 Å². The molecule has 0 atom stereocenters. The summed E-state index contributed by atoms with van der Waals surface area (Å²) in [6, 6.07) is 8.20. The van der Waals surface area contributed by atoms with Gasteiger partial charge in [0.05, 0.1) is 7.11 Å². The molecule has 0 saturated carbocycles. The molecule has 1 aromatic rings. The summed E-state index contributed by atoms with van der Waals surface area (Å²) >= 11 is 0.